The molecule has 1 aromatic heterocycles. The third-order valence-electron chi connectivity index (χ3n) is 3.08. The molecule has 0 aliphatic rings. The lowest BCUT2D eigenvalue weighted by Gasteiger charge is -2.29. The molecule has 1 heterocycles. The molecule has 0 aromatic carbocycles. The van der Waals surface area contributed by atoms with Gasteiger partial charge in [-0.05, 0) is 20.3 Å². The minimum Gasteiger partial charge on any atom is -0.481 e. The number of thioether (sulfide) groups is 1. The Hall–Kier alpha value is -1.54. The van der Waals surface area contributed by atoms with Gasteiger partial charge in [0.2, 0.25) is 11.8 Å². The second kappa shape index (κ2) is 8.19. The van der Waals surface area contributed by atoms with E-state index in [0.29, 0.717) is 18.2 Å². The molecule has 2 unspecified atom stereocenters. The molecule has 22 heavy (non-hydrogen) atoms. The van der Waals surface area contributed by atoms with Crippen LogP contribution >= 0.6 is 11.8 Å². The second-order valence-electron chi connectivity index (χ2n) is 4.70. The monoisotopic (exact) mass is 330 g/mol. The molecule has 0 saturated carbocycles. The van der Waals surface area contributed by atoms with E-state index >= 15 is 0 Å². The number of rotatable bonds is 8. The van der Waals surface area contributed by atoms with Gasteiger partial charge in [0, 0.05) is 0 Å². The molecule has 0 radical (unpaired) electrons. The summed E-state index contributed by atoms with van der Waals surface area (Å²) in [5.41, 5.74) is -1.25. The molecule has 124 valence electrons. The largest absolute Gasteiger partial charge is 0.481 e. The first-order valence-electron chi connectivity index (χ1n) is 6.90. The van der Waals surface area contributed by atoms with Crippen molar-refractivity contribution in [3.8, 4) is 11.8 Å². The number of aliphatic hydroxyl groups is 1. The van der Waals surface area contributed by atoms with E-state index < -0.39 is 16.8 Å². The highest BCUT2D eigenvalue weighted by Crippen LogP contribution is 2.33. The van der Waals surface area contributed by atoms with Crippen molar-refractivity contribution >= 4 is 17.7 Å². The van der Waals surface area contributed by atoms with Crippen molar-refractivity contribution in [2.75, 3.05) is 20.8 Å². The molecule has 0 aliphatic heterocycles. The first kappa shape index (κ1) is 18.5. The van der Waals surface area contributed by atoms with Gasteiger partial charge < -0.3 is 19.3 Å². The number of methoxy groups -OCH3 is 2. The fourth-order valence-corrected chi connectivity index (χ4v) is 2.66. The molecule has 0 amide bonds. The lowest BCUT2D eigenvalue weighted by molar-refractivity contribution is -0.147. The molecule has 0 aliphatic carbocycles. The van der Waals surface area contributed by atoms with Gasteiger partial charge in [-0.25, -0.2) is 0 Å². The summed E-state index contributed by atoms with van der Waals surface area (Å²) in [6.07, 6.45) is 0.380. The zero-order chi connectivity index (χ0) is 16.8. The van der Waals surface area contributed by atoms with Crippen LogP contribution in [0, 0.1) is 0 Å². The quantitative estimate of drug-likeness (QED) is 0.437. The van der Waals surface area contributed by atoms with Crippen LogP contribution in [0.1, 0.15) is 27.2 Å². The van der Waals surface area contributed by atoms with Crippen LogP contribution in [0.4, 0.5) is 0 Å². The lowest BCUT2D eigenvalue weighted by Crippen LogP contribution is -2.43. The van der Waals surface area contributed by atoms with Crippen LogP contribution in [0.2, 0.25) is 0 Å². The Bertz CT molecular complexity index is 488. The first-order valence-corrected chi connectivity index (χ1v) is 7.78. The molecular formula is C14H22N2O5S. The molecule has 7 nitrogen and oxygen atoms in total. The minimum atomic E-state index is -1.25. The molecule has 1 rings (SSSR count). The zero-order valence-corrected chi connectivity index (χ0v) is 14.3. The Morgan fingerprint density at radius 3 is 2.27 bits per heavy atom. The fraction of sp³-hybridized carbons (Fsp3) is 0.643. The average molecular weight is 330 g/mol. The summed E-state index contributed by atoms with van der Waals surface area (Å²) >= 11 is 1.02. The third-order valence-corrected chi connectivity index (χ3v) is 4.41. The van der Waals surface area contributed by atoms with E-state index in [1.54, 1.807) is 20.8 Å². The number of ether oxygens (including phenoxy) is 3. The van der Waals surface area contributed by atoms with E-state index in [-0.39, 0.29) is 11.8 Å². The van der Waals surface area contributed by atoms with Crippen LogP contribution in [-0.4, -0.2) is 52.7 Å². The van der Waals surface area contributed by atoms with E-state index in [2.05, 4.69) is 9.97 Å². The van der Waals surface area contributed by atoms with Gasteiger partial charge in [0.15, 0.2) is 5.16 Å². The lowest BCUT2D eigenvalue weighted by atomic mass is 9.99. The summed E-state index contributed by atoms with van der Waals surface area (Å²) in [5, 5.41) is 9.87. The predicted octanol–water partition coefficient (Wildman–Crippen LogP) is 1.68. The first-order chi connectivity index (χ1) is 10.4. The molecule has 8 heteroatoms. The number of hydrogen-bond acceptors (Lipinski definition) is 8. The van der Waals surface area contributed by atoms with Gasteiger partial charge in [0.05, 0.1) is 32.5 Å². The number of esters is 1. The number of carbonyl (C=O) groups excluding carboxylic acids is 1. The number of aromatic nitrogens is 2. The van der Waals surface area contributed by atoms with Crippen molar-refractivity contribution in [3.05, 3.63) is 6.07 Å². The number of nitrogens with zero attached hydrogens (tertiary/aromatic N) is 2. The summed E-state index contributed by atoms with van der Waals surface area (Å²) in [6, 6.07) is 1.53. The summed E-state index contributed by atoms with van der Waals surface area (Å²) in [4.78, 5) is 20.5. The van der Waals surface area contributed by atoms with Gasteiger partial charge in [0.25, 0.3) is 0 Å². The summed E-state index contributed by atoms with van der Waals surface area (Å²) in [5.74, 6) is 0.117. The SMILES string of the molecule is CCOC(=O)C(Sc1nc(OC)cc(OC)n1)C(C)(O)CC. The van der Waals surface area contributed by atoms with E-state index in [9.17, 15) is 9.90 Å². The Kier molecular flexibility index (Phi) is 6.89. The molecule has 1 N–H and O–H groups in total. The minimum absolute atomic E-state index is 0.234. The molecule has 1 aromatic rings. The molecule has 2 atom stereocenters. The Labute approximate surface area is 134 Å². The Morgan fingerprint density at radius 2 is 1.86 bits per heavy atom. The van der Waals surface area contributed by atoms with Gasteiger partial charge >= 0.3 is 5.97 Å². The van der Waals surface area contributed by atoms with Crippen molar-refractivity contribution in [2.45, 2.75) is 43.2 Å². The van der Waals surface area contributed by atoms with Crippen molar-refractivity contribution in [3.63, 3.8) is 0 Å². The van der Waals surface area contributed by atoms with Crippen molar-refractivity contribution in [2.24, 2.45) is 0 Å². The smallest absolute Gasteiger partial charge is 0.322 e. The highest BCUT2D eigenvalue weighted by atomic mass is 32.2. The van der Waals surface area contributed by atoms with E-state index in [0.717, 1.165) is 11.8 Å². The highest BCUT2D eigenvalue weighted by Gasteiger charge is 2.39. The number of carbonyl (C=O) groups is 1. The molecule has 0 spiro atoms. The van der Waals surface area contributed by atoms with Gasteiger partial charge in [-0.2, -0.15) is 9.97 Å². The van der Waals surface area contributed by atoms with Crippen molar-refractivity contribution < 1.29 is 24.1 Å². The molecule has 0 bridgehead atoms. The molecule has 0 fully saturated rings. The maximum Gasteiger partial charge on any atom is 0.322 e. The molecular weight excluding hydrogens is 308 g/mol. The van der Waals surface area contributed by atoms with Crippen LogP contribution in [0.25, 0.3) is 0 Å². The standard InChI is InChI=1S/C14H22N2O5S/c1-6-14(3,18)11(12(17)21-7-2)22-13-15-9(19-4)8-10(16-13)20-5/h8,11,18H,6-7H2,1-5H3. The second-order valence-corrected chi connectivity index (χ2v) is 5.77. The number of hydrogen-bond donors (Lipinski definition) is 1. The average Bonchev–Trinajstić information content (AvgIpc) is 2.52. The zero-order valence-electron chi connectivity index (χ0n) is 13.5. The maximum atomic E-state index is 12.1. The normalized spacial score (nSPS) is 14.8. The van der Waals surface area contributed by atoms with E-state index in [4.69, 9.17) is 14.2 Å². The topological polar surface area (TPSA) is 90.8 Å². The summed E-state index contributed by atoms with van der Waals surface area (Å²) in [7, 11) is 2.95. The van der Waals surface area contributed by atoms with Gasteiger partial charge in [0.1, 0.15) is 5.25 Å². The third kappa shape index (κ3) is 4.74. The van der Waals surface area contributed by atoms with Gasteiger partial charge in [-0.15, -0.1) is 0 Å². The van der Waals surface area contributed by atoms with Crippen LogP contribution in [0.5, 0.6) is 11.8 Å². The van der Waals surface area contributed by atoms with Gasteiger partial charge in [-0.3, -0.25) is 4.79 Å². The van der Waals surface area contributed by atoms with Crippen molar-refractivity contribution in [1.29, 1.82) is 0 Å². The van der Waals surface area contributed by atoms with E-state index in [1.807, 2.05) is 0 Å². The van der Waals surface area contributed by atoms with Crippen LogP contribution in [-0.2, 0) is 9.53 Å². The van der Waals surface area contributed by atoms with Crippen LogP contribution < -0.4 is 9.47 Å². The highest BCUT2D eigenvalue weighted by molar-refractivity contribution is 8.00. The van der Waals surface area contributed by atoms with Crippen molar-refractivity contribution in [1.82, 2.24) is 9.97 Å². The summed E-state index contributed by atoms with van der Waals surface area (Å²) in [6.45, 7) is 5.32. The predicted molar refractivity (Wildman–Crippen MR) is 82.3 cm³/mol. The maximum absolute atomic E-state index is 12.1. The Balaban J connectivity index is 3.10. The summed E-state index contributed by atoms with van der Waals surface area (Å²) < 4.78 is 15.2. The van der Waals surface area contributed by atoms with Crippen LogP contribution in [0.3, 0.4) is 0 Å². The van der Waals surface area contributed by atoms with Gasteiger partial charge in [-0.1, -0.05) is 18.7 Å². The molecule has 0 saturated heterocycles. The van der Waals surface area contributed by atoms with E-state index in [1.165, 1.54) is 20.3 Å². The Morgan fingerprint density at radius 1 is 1.32 bits per heavy atom. The van der Waals surface area contributed by atoms with Crippen LogP contribution in [0.15, 0.2) is 11.2 Å². The fourth-order valence-electron chi connectivity index (χ4n) is 1.58.